The minimum Gasteiger partial charge on any atom is -0.444 e. The van der Waals surface area contributed by atoms with Gasteiger partial charge in [-0.25, -0.2) is 4.79 Å². The van der Waals surface area contributed by atoms with Crippen LogP contribution in [0.1, 0.15) is 27.9 Å². The second-order valence-corrected chi connectivity index (χ2v) is 7.36. The van der Waals surface area contributed by atoms with Gasteiger partial charge in [0, 0.05) is 22.0 Å². The van der Waals surface area contributed by atoms with Crippen molar-refractivity contribution in [3.05, 3.63) is 94.5 Å². The van der Waals surface area contributed by atoms with Gasteiger partial charge in [0.1, 0.15) is 6.61 Å². The number of para-hydroxylation sites is 1. The Kier molecular flexibility index (Phi) is 8.04. The van der Waals surface area contributed by atoms with Gasteiger partial charge in [0.15, 0.2) is 0 Å². The molecule has 7 heteroatoms. The maximum atomic E-state index is 12.8. The predicted molar refractivity (Wildman–Crippen MR) is 123 cm³/mol. The number of halogens is 1. The molecule has 0 bridgehead atoms. The number of carbonyl (C=O) groups is 2. The van der Waals surface area contributed by atoms with E-state index in [0.717, 1.165) is 29.7 Å². The van der Waals surface area contributed by atoms with E-state index in [0.29, 0.717) is 22.8 Å². The lowest BCUT2D eigenvalue weighted by Crippen LogP contribution is -2.16. The Morgan fingerprint density at radius 1 is 0.935 bits per heavy atom. The molecule has 31 heavy (non-hydrogen) atoms. The van der Waals surface area contributed by atoms with Gasteiger partial charge in [-0.05, 0) is 54.8 Å². The summed E-state index contributed by atoms with van der Waals surface area (Å²) in [5.74, 6) is -0.330. The Bertz CT molecular complexity index is 1040. The molecule has 0 aliphatic heterocycles. The number of rotatable bonds is 8. The van der Waals surface area contributed by atoms with Gasteiger partial charge in [0.2, 0.25) is 0 Å². The van der Waals surface area contributed by atoms with Crippen molar-refractivity contribution in [3.8, 4) is 0 Å². The number of aryl methyl sites for hydroxylation is 1. The molecule has 0 aliphatic rings. The van der Waals surface area contributed by atoms with Crippen molar-refractivity contribution >= 4 is 35.0 Å². The number of hydrogen-bond acceptors (Lipinski definition) is 4. The Morgan fingerprint density at radius 3 is 2.45 bits per heavy atom. The molecule has 0 atom stereocenters. The van der Waals surface area contributed by atoms with Crippen LogP contribution in [0.4, 0.5) is 16.2 Å². The molecule has 160 valence electrons. The van der Waals surface area contributed by atoms with Gasteiger partial charge in [0.25, 0.3) is 5.91 Å². The van der Waals surface area contributed by atoms with E-state index in [1.54, 1.807) is 18.2 Å². The van der Waals surface area contributed by atoms with Crippen LogP contribution >= 0.6 is 11.6 Å². The van der Waals surface area contributed by atoms with Crippen LogP contribution < -0.4 is 16.4 Å². The van der Waals surface area contributed by atoms with E-state index in [-0.39, 0.29) is 12.5 Å². The van der Waals surface area contributed by atoms with Crippen LogP contribution in [0.5, 0.6) is 0 Å². The number of carbonyl (C=O) groups excluding carboxylic acids is 2. The summed E-state index contributed by atoms with van der Waals surface area (Å²) in [4.78, 5) is 24.9. The number of hydrogen-bond donors (Lipinski definition) is 3. The summed E-state index contributed by atoms with van der Waals surface area (Å²) in [5.41, 5.74) is 8.88. The summed E-state index contributed by atoms with van der Waals surface area (Å²) in [6, 6.07) is 21.6. The molecule has 0 aliphatic carbocycles. The average Bonchev–Trinajstić information content (AvgIpc) is 2.77. The lowest BCUT2D eigenvalue weighted by atomic mass is 10.1. The van der Waals surface area contributed by atoms with Gasteiger partial charge in [-0.1, -0.05) is 60.1 Å². The Morgan fingerprint density at radius 2 is 1.68 bits per heavy atom. The molecule has 2 amide bonds. The number of amides is 2. The van der Waals surface area contributed by atoms with Gasteiger partial charge in [0.05, 0.1) is 0 Å². The van der Waals surface area contributed by atoms with Gasteiger partial charge in [-0.15, -0.1) is 0 Å². The predicted octanol–water partition coefficient (Wildman–Crippen LogP) is 5.23. The van der Waals surface area contributed by atoms with Crippen molar-refractivity contribution in [1.29, 1.82) is 0 Å². The first-order valence-electron chi connectivity index (χ1n) is 9.93. The lowest BCUT2D eigenvalue weighted by molar-refractivity contribution is 0.102. The van der Waals surface area contributed by atoms with Crippen molar-refractivity contribution < 1.29 is 14.3 Å². The first kappa shape index (κ1) is 22.3. The van der Waals surface area contributed by atoms with Crippen LogP contribution in [0.25, 0.3) is 0 Å². The molecule has 0 radical (unpaired) electrons. The molecule has 3 aromatic carbocycles. The molecule has 3 aromatic rings. The highest BCUT2D eigenvalue weighted by Crippen LogP contribution is 2.22. The van der Waals surface area contributed by atoms with Crippen molar-refractivity contribution in [2.45, 2.75) is 19.4 Å². The normalized spacial score (nSPS) is 10.4. The fourth-order valence-corrected chi connectivity index (χ4v) is 3.25. The molecule has 0 fully saturated rings. The maximum absolute atomic E-state index is 12.8. The number of anilines is 2. The Balaban J connectivity index is 1.66. The Hall–Kier alpha value is -3.35. The van der Waals surface area contributed by atoms with Crippen LogP contribution in [0.15, 0.2) is 72.8 Å². The zero-order valence-electron chi connectivity index (χ0n) is 16.9. The van der Waals surface area contributed by atoms with Crippen LogP contribution in [0.3, 0.4) is 0 Å². The first-order valence-corrected chi connectivity index (χ1v) is 10.3. The number of benzene rings is 3. The summed E-state index contributed by atoms with van der Waals surface area (Å²) in [6.45, 7) is 0.714. The number of ether oxygens (including phenoxy) is 1. The highest BCUT2D eigenvalue weighted by atomic mass is 35.5. The number of nitrogens with two attached hydrogens (primary N) is 1. The van der Waals surface area contributed by atoms with Crippen LogP contribution in [-0.2, 0) is 17.8 Å². The molecule has 0 saturated heterocycles. The minimum absolute atomic E-state index is 0.139. The van der Waals surface area contributed by atoms with Crippen molar-refractivity contribution in [3.63, 3.8) is 0 Å². The average molecular weight is 438 g/mol. The highest BCUT2D eigenvalue weighted by molar-refractivity contribution is 6.31. The quantitative estimate of drug-likeness (QED) is 0.449. The fourth-order valence-electron chi connectivity index (χ4n) is 3.02. The first-order chi connectivity index (χ1) is 15.0. The molecular formula is C24H24ClN3O3. The largest absolute Gasteiger partial charge is 0.444 e. The molecule has 0 aromatic heterocycles. The zero-order valence-corrected chi connectivity index (χ0v) is 17.7. The van der Waals surface area contributed by atoms with E-state index in [1.807, 2.05) is 54.6 Å². The zero-order chi connectivity index (χ0) is 22.1. The Labute approximate surface area is 186 Å². The fraction of sp³-hybridized carbons (Fsp3) is 0.167. The monoisotopic (exact) mass is 437 g/mol. The van der Waals surface area contributed by atoms with Gasteiger partial charge >= 0.3 is 6.09 Å². The van der Waals surface area contributed by atoms with E-state index in [9.17, 15) is 9.59 Å². The lowest BCUT2D eigenvalue weighted by Gasteiger charge is -2.12. The topological polar surface area (TPSA) is 93.5 Å². The molecule has 0 heterocycles. The summed E-state index contributed by atoms with van der Waals surface area (Å²) in [5, 5.41) is 5.84. The minimum atomic E-state index is -0.635. The molecule has 6 nitrogen and oxygen atoms in total. The summed E-state index contributed by atoms with van der Waals surface area (Å²) in [6.07, 6.45) is 0.954. The molecule has 3 rings (SSSR count). The van der Waals surface area contributed by atoms with Crippen LogP contribution in [-0.4, -0.2) is 18.5 Å². The molecule has 0 spiro atoms. The molecule has 0 unspecified atom stereocenters. The standard InChI is InChI=1S/C24H24ClN3O3/c25-20-13-19(23(29)28-22-11-5-4-9-18(22)10-6-12-26)14-21(15-20)27-24(30)31-16-17-7-2-1-3-8-17/h1-5,7-9,11,13-15H,6,10,12,16,26H2,(H,27,30)(H,28,29). The molecule has 0 saturated carbocycles. The third-order valence-electron chi connectivity index (χ3n) is 4.53. The van der Waals surface area contributed by atoms with E-state index >= 15 is 0 Å². The SMILES string of the molecule is NCCCc1ccccc1NC(=O)c1cc(Cl)cc(NC(=O)OCc2ccccc2)c1. The van der Waals surface area contributed by atoms with Crippen LogP contribution in [0.2, 0.25) is 5.02 Å². The van der Waals surface area contributed by atoms with E-state index < -0.39 is 6.09 Å². The van der Waals surface area contributed by atoms with E-state index in [4.69, 9.17) is 22.1 Å². The van der Waals surface area contributed by atoms with Gasteiger partial charge < -0.3 is 15.8 Å². The molecule has 4 N–H and O–H groups in total. The third kappa shape index (κ3) is 6.84. The number of nitrogens with one attached hydrogen (secondary N) is 2. The van der Waals surface area contributed by atoms with E-state index in [1.165, 1.54) is 0 Å². The maximum Gasteiger partial charge on any atom is 0.411 e. The smallest absolute Gasteiger partial charge is 0.411 e. The van der Waals surface area contributed by atoms with Crippen molar-refractivity contribution in [2.75, 3.05) is 17.2 Å². The van der Waals surface area contributed by atoms with Crippen LogP contribution in [0, 0.1) is 0 Å². The summed E-state index contributed by atoms with van der Waals surface area (Å²) >= 11 is 6.17. The molecular weight excluding hydrogens is 414 g/mol. The second-order valence-electron chi connectivity index (χ2n) is 6.92. The van der Waals surface area contributed by atoms with Crippen molar-refractivity contribution in [2.24, 2.45) is 5.73 Å². The van der Waals surface area contributed by atoms with Gasteiger partial charge in [-0.3, -0.25) is 10.1 Å². The van der Waals surface area contributed by atoms with Gasteiger partial charge in [-0.2, -0.15) is 0 Å². The highest BCUT2D eigenvalue weighted by Gasteiger charge is 2.13. The third-order valence-corrected chi connectivity index (χ3v) is 4.75. The van der Waals surface area contributed by atoms with Crippen molar-refractivity contribution in [1.82, 2.24) is 0 Å². The van der Waals surface area contributed by atoms with E-state index in [2.05, 4.69) is 10.6 Å². The second kappa shape index (κ2) is 11.2. The summed E-state index contributed by atoms with van der Waals surface area (Å²) < 4.78 is 5.22. The summed E-state index contributed by atoms with van der Waals surface area (Å²) in [7, 11) is 0.